The Hall–Kier alpha value is -2.44. The molecule has 43 heavy (non-hydrogen) atoms. The van der Waals surface area contributed by atoms with Crippen molar-refractivity contribution < 1.29 is 36.2 Å². The van der Waals surface area contributed by atoms with E-state index in [9.17, 15) is 31.5 Å². The molecule has 2 unspecified atom stereocenters. The summed E-state index contributed by atoms with van der Waals surface area (Å²) in [4.78, 5) is 14.2. The summed E-state index contributed by atoms with van der Waals surface area (Å²) in [7, 11) is -2.78. The van der Waals surface area contributed by atoms with Crippen LogP contribution in [0.5, 0.6) is 5.75 Å². The molecule has 1 heterocycles. The number of hydrogen-bond donors (Lipinski definition) is 1. The van der Waals surface area contributed by atoms with Gasteiger partial charge in [-0.15, -0.1) is 11.8 Å². The van der Waals surface area contributed by atoms with Gasteiger partial charge < -0.3 is 14.7 Å². The molecule has 0 radical (unpaired) electrons. The molecule has 0 bridgehead atoms. The highest BCUT2D eigenvalue weighted by atomic mass is 32.2. The number of hydrogen-bond acceptors (Lipinski definition) is 6. The van der Waals surface area contributed by atoms with Gasteiger partial charge in [0.25, 0.3) is 0 Å². The fourth-order valence-corrected chi connectivity index (χ4v) is 9.96. The van der Waals surface area contributed by atoms with Gasteiger partial charge in [-0.1, -0.05) is 0 Å². The smallest absolute Gasteiger partial charge is 0.312 e. The summed E-state index contributed by atoms with van der Waals surface area (Å²) in [6.07, 6.45) is 4.34. The summed E-state index contributed by atoms with van der Waals surface area (Å²) in [5.74, 6) is -4.77. The van der Waals surface area contributed by atoms with E-state index in [1.54, 1.807) is 34.9 Å². The highest BCUT2D eigenvalue weighted by molar-refractivity contribution is 8.00. The molecule has 2 atom stereocenters. The van der Waals surface area contributed by atoms with E-state index >= 15 is 0 Å². The molecule has 0 saturated heterocycles. The van der Waals surface area contributed by atoms with Crippen molar-refractivity contribution >= 4 is 39.1 Å². The van der Waals surface area contributed by atoms with Gasteiger partial charge in [-0.2, -0.15) is 4.31 Å². The van der Waals surface area contributed by atoms with Crippen LogP contribution in [0.25, 0.3) is 0 Å². The quantitative estimate of drug-likeness (QED) is 0.319. The second kappa shape index (κ2) is 10.0. The number of carboxylic acid groups (broad SMARTS) is 1. The molecule has 1 N–H and O–H groups in total. The van der Waals surface area contributed by atoms with Crippen LogP contribution in [0, 0.1) is 22.6 Å². The summed E-state index contributed by atoms with van der Waals surface area (Å²) in [5.41, 5.74) is -0.986. The predicted octanol–water partition coefficient (Wildman–Crippen LogP) is 6.93. The Morgan fingerprint density at radius 1 is 1.12 bits per heavy atom. The van der Waals surface area contributed by atoms with Crippen LogP contribution < -0.4 is 9.64 Å². The number of ether oxygens (including phenoxy) is 1. The maximum absolute atomic E-state index is 14.3. The third kappa shape index (κ3) is 5.63. The van der Waals surface area contributed by atoms with Crippen molar-refractivity contribution in [2.24, 2.45) is 16.7 Å². The first-order valence-corrected chi connectivity index (χ1v) is 16.9. The first kappa shape index (κ1) is 30.6. The Labute approximate surface area is 254 Å². The van der Waals surface area contributed by atoms with Crippen molar-refractivity contribution in [3.63, 3.8) is 0 Å². The maximum atomic E-state index is 14.3. The van der Waals surface area contributed by atoms with Crippen LogP contribution in [0.15, 0.2) is 46.2 Å². The van der Waals surface area contributed by atoms with Crippen LogP contribution in [-0.2, 0) is 14.8 Å². The Balaban J connectivity index is 1.47. The second-order valence-electron chi connectivity index (χ2n) is 13.7. The summed E-state index contributed by atoms with van der Waals surface area (Å²) in [6, 6.07) is 8.92. The number of nitrogens with zero attached hydrogens (tertiary/aromatic N) is 2. The zero-order valence-electron chi connectivity index (χ0n) is 24.7. The first-order valence-electron chi connectivity index (χ1n) is 14.6. The van der Waals surface area contributed by atoms with E-state index in [1.807, 2.05) is 0 Å². The molecule has 4 aliphatic rings. The number of sulfonamides is 1. The lowest BCUT2D eigenvalue weighted by atomic mass is 9.81. The Kier molecular flexibility index (Phi) is 7.14. The molecule has 2 aromatic carbocycles. The molecular weight excluding hydrogens is 601 g/mol. The first-order chi connectivity index (χ1) is 19.9. The summed E-state index contributed by atoms with van der Waals surface area (Å²) in [5, 5.41) is 9.98. The largest absolute Gasteiger partial charge is 0.491 e. The van der Waals surface area contributed by atoms with E-state index in [1.165, 1.54) is 56.2 Å². The average Bonchev–Trinajstić information content (AvgIpc) is 3.81. The van der Waals surface area contributed by atoms with E-state index in [-0.39, 0.29) is 30.2 Å². The fraction of sp³-hybridized carbons (Fsp3) is 0.581. The number of fused-ring (bicyclic) bond motifs is 1. The number of rotatable bonds is 9. The van der Waals surface area contributed by atoms with Gasteiger partial charge >= 0.3 is 5.97 Å². The minimum atomic E-state index is -4.21. The van der Waals surface area contributed by atoms with Crippen LogP contribution in [0.1, 0.15) is 59.3 Å². The molecule has 234 valence electrons. The molecule has 2 aromatic rings. The van der Waals surface area contributed by atoms with E-state index in [2.05, 4.69) is 0 Å². The summed E-state index contributed by atoms with van der Waals surface area (Å²) in [6.45, 7) is 3.85. The Morgan fingerprint density at radius 2 is 1.77 bits per heavy atom. The predicted molar refractivity (Wildman–Crippen MR) is 158 cm³/mol. The van der Waals surface area contributed by atoms with Crippen LogP contribution in [0.2, 0.25) is 0 Å². The normalized spacial score (nSPS) is 26.1. The number of carbonyl (C=O) groups is 1. The van der Waals surface area contributed by atoms with Gasteiger partial charge in [0, 0.05) is 37.0 Å². The van der Waals surface area contributed by atoms with Gasteiger partial charge in [-0.3, -0.25) is 4.79 Å². The molecule has 1 aliphatic heterocycles. The number of anilines is 2. The average molecular weight is 639 g/mol. The Bertz CT molecular complexity index is 1550. The molecular formula is C31H37F3N2O5S2. The summed E-state index contributed by atoms with van der Waals surface area (Å²) < 4.78 is 78.2. The minimum absolute atomic E-state index is 0.0649. The highest BCUT2D eigenvalue weighted by Crippen LogP contribution is 2.65. The van der Waals surface area contributed by atoms with E-state index in [4.69, 9.17) is 4.74 Å². The zero-order valence-corrected chi connectivity index (χ0v) is 26.3. The van der Waals surface area contributed by atoms with Gasteiger partial charge in [0.1, 0.15) is 23.1 Å². The number of benzene rings is 2. The van der Waals surface area contributed by atoms with Crippen LogP contribution in [0.4, 0.5) is 24.5 Å². The van der Waals surface area contributed by atoms with Gasteiger partial charge in [0.15, 0.2) is 0 Å². The highest BCUT2D eigenvalue weighted by Gasteiger charge is 2.64. The van der Waals surface area contributed by atoms with E-state index in [0.717, 1.165) is 19.8 Å². The van der Waals surface area contributed by atoms with Crippen molar-refractivity contribution in [2.45, 2.75) is 85.8 Å². The number of alkyl halides is 2. The molecule has 12 heteroatoms. The van der Waals surface area contributed by atoms with Crippen LogP contribution in [-0.4, -0.2) is 60.7 Å². The topological polar surface area (TPSA) is 87.2 Å². The molecule has 3 fully saturated rings. The van der Waals surface area contributed by atoms with Gasteiger partial charge in [-0.05, 0) is 94.5 Å². The Morgan fingerprint density at radius 3 is 2.35 bits per heavy atom. The van der Waals surface area contributed by atoms with Crippen LogP contribution in [0.3, 0.4) is 0 Å². The lowest BCUT2D eigenvalue weighted by Crippen LogP contribution is -2.45. The number of carboxylic acids is 1. The monoisotopic (exact) mass is 638 g/mol. The zero-order chi connectivity index (χ0) is 31.2. The van der Waals surface area contributed by atoms with Crippen LogP contribution >= 0.6 is 11.8 Å². The maximum Gasteiger partial charge on any atom is 0.312 e. The molecule has 3 saturated carbocycles. The fourth-order valence-electron chi connectivity index (χ4n) is 6.57. The summed E-state index contributed by atoms with van der Waals surface area (Å²) >= 11 is 1.60. The lowest BCUT2D eigenvalue weighted by Gasteiger charge is -2.36. The standard InChI is InChI=1S/C31H37F3N2O5S2/c1-28(2,27(37)38)18-41-24-12-26-23(11-25(24)42-22-15-30(16-22)9-10-30)36(21-7-5-20(32)6-8-21)17-31(35(4)43(26,39)40)14-19(31)13-29(3,33)34/h5-8,11-12,19,22H,9-10,13-18H2,1-4H3,(H,37,38). The lowest BCUT2D eigenvalue weighted by molar-refractivity contribution is -0.148. The van der Waals surface area contributed by atoms with Gasteiger partial charge in [0.2, 0.25) is 15.9 Å². The van der Waals surface area contributed by atoms with Crippen molar-refractivity contribution in [1.82, 2.24) is 4.31 Å². The molecule has 0 amide bonds. The van der Waals surface area contributed by atoms with Crippen molar-refractivity contribution in [3.8, 4) is 5.75 Å². The SMILES string of the molecule is CN1C2(CC2CC(C)(F)F)CN(c2ccc(F)cc2)c2cc(SC3CC4(CC4)C3)c(OCC(C)(C)C(=O)O)cc2S1(=O)=O. The molecule has 3 aliphatic carbocycles. The molecule has 6 rings (SSSR count). The van der Waals surface area contributed by atoms with Crippen molar-refractivity contribution in [2.75, 3.05) is 25.1 Å². The number of thioether (sulfide) groups is 1. The van der Waals surface area contributed by atoms with Crippen molar-refractivity contribution in [1.29, 1.82) is 0 Å². The number of likely N-dealkylation sites (N-methyl/N-ethyl adjacent to an activating group) is 1. The molecule has 0 aromatic heterocycles. The van der Waals surface area contributed by atoms with E-state index < -0.39 is 51.0 Å². The third-order valence-corrected chi connectivity index (χ3v) is 12.9. The molecule has 7 nitrogen and oxygen atoms in total. The van der Waals surface area contributed by atoms with Gasteiger partial charge in [-0.25, -0.2) is 21.6 Å². The number of halogens is 3. The minimum Gasteiger partial charge on any atom is -0.491 e. The second-order valence-corrected chi connectivity index (χ2v) is 17.0. The van der Waals surface area contributed by atoms with E-state index in [0.29, 0.717) is 26.9 Å². The third-order valence-electron chi connectivity index (χ3n) is 9.70. The number of aliphatic carboxylic acids is 1. The van der Waals surface area contributed by atoms with Crippen molar-refractivity contribution in [3.05, 3.63) is 42.2 Å². The van der Waals surface area contributed by atoms with Gasteiger partial charge in [0.05, 0.1) is 21.5 Å². The molecule has 2 spiro atoms.